The minimum Gasteiger partial charge on any atom is -0.503 e. The number of carbonyl (C=O) groups excluding carboxylic acids is 2. The van der Waals surface area contributed by atoms with Crippen LogP contribution in [0.1, 0.15) is 22.7 Å². The molecule has 1 atom stereocenters. The highest BCUT2D eigenvalue weighted by atomic mass is 19.4. The molecule has 1 aliphatic rings. The monoisotopic (exact) mass is 509 g/mol. The molecule has 0 spiro atoms. The molecule has 1 heterocycles. The highest BCUT2D eigenvalue weighted by Gasteiger charge is 2.44. The van der Waals surface area contributed by atoms with Gasteiger partial charge in [-0.25, -0.2) is 0 Å². The summed E-state index contributed by atoms with van der Waals surface area (Å²) < 4.78 is 50.9. The number of rotatable bonds is 7. The second-order valence-corrected chi connectivity index (χ2v) is 8.11. The van der Waals surface area contributed by atoms with Gasteiger partial charge in [0.15, 0.2) is 23.0 Å². The number of aliphatic hydroxyl groups is 1. The Labute approximate surface area is 210 Å². The molecule has 0 aromatic heterocycles. The van der Waals surface area contributed by atoms with Crippen molar-refractivity contribution in [3.8, 4) is 11.5 Å². The van der Waals surface area contributed by atoms with Crippen LogP contribution < -0.4 is 14.4 Å². The number of halogens is 3. The van der Waals surface area contributed by atoms with Crippen LogP contribution in [0.4, 0.5) is 18.9 Å². The van der Waals surface area contributed by atoms with Gasteiger partial charge in [0.05, 0.1) is 31.4 Å². The van der Waals surface area contributed by atoms with E-state index in [0.29, 0.717) is 16.9 Å². The number of allylic oxidation sites excluding steroid dienone is 1. The third kappa shape index (κ3) is 5.06. The molecular weight excluding hydrogens is 487 g/mol. The van der Waals surface area contributed by atoms with Crippen LogP contribution in [-0.4, -0.2) is 31.0 Å². The molecule has 1 unspecified atom stereocenters. The number of nitrogens with zero attached hydrogens (tertiary/aromatic N) is 1. The Hall–Kier alpha value is -4.53. The summed E-state index contributed by atoms with van der Waals surface area (Å²) in [6.45, 7) is 0. The molecule has 9 heteroatoms. The van der Waals surface area contributed by atoms with Crippen molar-refractivity contribution in [2.75, 3.05) is 19.1 Å². The van der Waals surface area contributed by atoms with Crippen LogP contribution >= 0.6 is 0 Å². The fourth-order valence-electron chi connectivity index (χ4n) is 4.12. The predicted octanol–water partition coefficient (Wildman–Crippen LogP) is 5.91. The zero-order chi connectivity index (χ0) is 26.7. The molecule has 0 fully saturated rings. The summed E-state index contributed by atoms with van der Waals surface area (Å²) in [5.74, 6) is -1.89. The van der Waals surface area contributed by atoms with Gasteiger partial charge >= 0.3 is 6.18 Å². The number of benzene rings is 3. The van der Waals surface area contributed by atoms with E-state index in [-0.39, 0.29) is 17.0 Å². The Balaban J connectivity index is 1.85. The van der Waals surface area contributed by atoms with Crippen LogP contribution in [0.25, 0.3) is 6.08 Å². The molecule has 3 aromatic rings. The summed E-state index contributed by atoms with van der Waals surface area (Å²) in [7, 11) is 2.83. The number of carbonyl (C=O) groups is 2. The first-order chi connectivity index (χ1) is 17.7. The highest BCUT2D eigenvalue weighted by Crippen LogP contribution is 2.44. The minimum absolute atomic E-state index is 0.138. The fourth-order valence-corrected chi connectivity index (χ4v) is 4.12. The lowest BCUT2D eigenvalue weighted by Crippen LogP contribution is -2.31. The van der Waals surface area contributed by atoms with Gasteiger partial charge in [0, 0.05) is 5.69 Å². The Bertz CT molecular complexity index is 1400. The number of amides is 1. The van der Waals surface area contributed by atoms with Gasteiger partial charge in [-0.3, -0.25) is 14.5 Å². The first-order valence-corrected chi connectivity index (χ1v) is 11.1. The molecule has 6 nitrogen and oxygen atoms in total. The van der Waals surface area contributed by atoms with E-state index in [1.165, 1.54) is 38.5 Å². The summed E-state index contributed by atoms with van der Waals surface area (Å²) in [6.07, 6.45) is -1.94. The van der Waals surface area contributed by atoms with Gasteiger partial charge < -0.3 is 14.6 Å². The summed E-state index contributed by atoms with van der Waals surface area (Å²) >= 11 is 0. The number of aliphatic hydroxyl groups excluding tert-OH is 1. The largest absolute Gasteiger partial charge is 0.503 e. The smallest absolute Gasteiger partial charge is 0.416 e. The molecule has 4 rings (SSSR count). The van der Waals surface area contributed by atoms with Crippen molar-refractivity contribution in [1.82, 2.24) is 0 Å². The number of hydrogen-bond acceptors (Lipinski definition) is 5. The molecule has 0 radical (unpaired) electrons. The van der Waals surface area contributed by atoms with Gasteiger partial charge in [-0.15, -0.1) is 0 Å². The highest BCUT2D eigenvalue weighted by molar-refractivity contribution is 6.19. The SMILES string of the molecule is COc1ccc(C2C(C(=O)/C=C/c3ccccc3)=C(O)C(=O)N2c2cccc(C(F)(F)F)c2)cc1OC. The third-order valence-corrected chi connectivity index (χ3v) is 5.88. The summed E-state index contributed by atoms with van der Waals surface area (Å²) in [5, 5.41) is 10.8. The summed E-state index contributed by atoms with van der Waals surface area (Å²) in [5.41, 5.74) is -0.364. The molecule has 190 valence electrons. The molecule has 3 aromatic carbocycles. The quantitative estimate of drug-likeness (QED) is 0.401. The number of hydrogen-bond donors (Lipinski definition) is 1. The lowest BCUT2D eigenvalue weighted by Gasteiger charge is -2.27. The summed E-state index contributed by atoms with van der Waals surface area (Å²) in [4.78, 5) is 27.5. The first kappa shape index (κ1) is 25.6. The standard InChI is InChI=1S/C28H22F3NO5/c1-36-22-14-12-18(15-23(22)37-2)25-24(21(33)13-11-17-7-4-3-5-8-17)26(34)27(35)32(25)20-10-6-9-19(16-20)28(29,30)31/h3-16,25,34H,1-2H3/b13-11+. The predicted molar refractivity (Wildman–Crippen MR) is 131 cm³/mol. The summed E-state index contributed by atoms with van der Waals surface area (Å²) in [6, 6.07) is 16.4. The molecule has 1 aliphatic heterocycles. The average molecular weight is 509 g/mol. The molecule has 37 heavy (non-hydrogen) atoms. The van der Waals surface area contributed by atoms with Crippen LogP contribution in [0.15, 0.2) is 90.2 Å². The van der Waals surface area contributed by atoms with Crippen LogP contribution in [0.5, 0.6) is 11.5 Å². The Morgan fingerprint density at radius 1 is 0.946 bits per heavy atom. The van der Waals surface area contributed by atoms with Crippen molar-refractivity contribution >= 4 is 23.5 Å². The van der Waals surface area contributed by atoms with Crippen LogP contribution in [0.2, 0.25) is 0 Å². The van der Waals surface area contributed by atoms with Crippen molar-refractivity contribution in [2.24, 2.45) is 0 Å². The first-order valence-electron chi connectivity index (χ1n) is 11.1. The van der Waals surface area contributed by atoms with Gasteiger partial charge in [0.1, 0.15) is 0 Å². The topological polar surface area (TPSA) is 76.1 Å². The number of methoxy groups -OCH3 is 2. The van der Waals surface area contributed by atoms with Crippen molar-refractivity contribution in [1.29, 1.82) is 0 Å². The number of anilines is 1. The molecule has 0 aliphatic carbocycles. The molecule has 0 bridgehead atoms. The van der Waals surface area contributed by atoms with Crippen LogP contribution in [0.3, 0.4) is 0 Å². The second kappa shape index (κ2) is 10.2. The second-order valence-electron chi connectivity index (χ2n) is 8.11. The maximum Gasteiger partial charge on any atom is 0.416 e. The number of ketones is 1. The van der Waals surface area contributed by atoms with Crippen LogP contribution in [-0.2, 0) is 15.8 Å². The van der Waals surface area contributed by atoms with E-state index in [0.717, 1.165) is 23.1 Å². The Morgan fingerprint density at radius 3 is 2.30 bits per heavy atom. The van der Waals surface area contributed by atoms with Crippen LogP contribution in [0, 0.1) is 0 Å². The van der Waals surface area contributed by atoms with Gasteiger partial charge in [0.2, 0.25) is 0 Å². The van der Waals surface area contributed by atoms with Gasteiger partial charge in [-0.05, 0) is 47.5 Å². The lowest BCUT2D eigenvalue weighted by atomic mass is 9.94. The van der Waals surface area contributed by atoms with Crippen molar-refractivity contribution in [2.45, 2.75) is 12.2 Å². The van der Waals surface area contributed by atoms with E-state index in [2.05, 4.69) is 0 Å². The fraction of sp³-hybridized carbons (Fsp3) is 0.143. The van der Waals surface area contributed by atoms with E-state index in [1.54, 1.807) is 36.4 Å². The molecule has 0 saturated carbocycles. The van der Waals surface area contributed by atoms with E-state index in [4.69, 9.17) is 9.47 Å². The average Bonchev–Trinajstić information content (AvgIpc) is 3.17. The number of ether oxygens (including phenoxy) is 2. The molecule has 1 amide bonds. The van der Waals surface area contributed by atoms with Gasteiger partial charge in [-0.2, -0.15) is 13.2 Å². The zero-order valence-corrected chi connectivity index (χ0v) is 19.8. The van der Waals surface area contributed by atoms with Crippen molar-refractivity contribution in [3.05, 3.63) is 107 Å². The van der Waals surface area contributed by atoms with E-state index >= 15 is 0 Å². The number of alkyl halides is 3. The van der Waals surface area contributed by atoms with Crippen molar-refractivity contribution in [3.63, 3.8) is 0 Å². The van der Waals surface area contributed by atoms with Crippen molar-refractivity contribution < 1.29 is 37.3 Å². The Kier molecular flexibility index (Phi) is 7.06. The maximum atomic E-state index is 13.4. The molecule has 0 saturated heterocycles. The zero-order valence-electron chi connectivity index (χ0n) is 19.8. The van der Waals surface area contributed by atoms with E-state index in [9.17, 15) is 27.9 Å². The molecular formula is C28H22F3NO5. The van der Waals surface area contributed by atoms with E-state index in [1.807, 2.05) is 6.07 Å². The molecule has 1 N–H and O–H groups in total. The van der Waals surface area contributed by atoms with Gasteiger partial charge in [0.25, 0.3) is 5.91 Å². The Morgan fingerprint density at radius 2 is 1.65 bits per heavy atom. The lowest BCUT2D eigenvalue weighted by molar-refractivity contribution is -0.137. The van der Waals surface area contributed by atoms with E-state index < -0.39 is 35.2 Å². The normalized spacial score (nSPS) is 16.0. The van der Waals surface area contributed by atoms with Gasteiger partial charge in [-0.1, -0.05) is 48.5 Å². The maximum absolute atomic E-state index is 13.4. The minimum atomic E-state index is -4.66. The third-order valence-electron chi connectivity index (χ3n) is 5.88.